The summed E-state index contributed by atoms with van der Waals surface area (Å²) in [4.78, 5) is 6.91. The summed E-state index contributed by atoms with van der Waals surface area (Å²) in [5.41, 5.74) is 8.50. The van der Waals surface area contributed by atoms with Gasteiger partial charge in [-0.2, -0.15) is 0 Å². The van der Waals surface area contributed by atoms with E-state index in [0.29, 0.717) is 6.04 Å². The van der Waals surface area contributed by atoms with Crippen molar-refractivity contribution in [3.8, 4) is 0 Å². The monoisotopic (exact) mass is 439 g/mol. The molecule has 1 atom stereocenters. The Bertz CT molecular complexity index is 1150. The molecule has 1 unspecified atom stereocenters. The zero-order valence-corrected chi connectivity index (χ0v) is 18.7. The van der Waals surface area contributed by atoms with Crippen LogP contribution in [0.1, 0.15) is 22.7 Å². The molecule has 3 heterocycles. The van der Waals surface area contributed by atoms with Gasteiger partial charge in [0.05, 0.1) is 25.8 Å². The molecule has 3 aliphatic heterocycles. The topological polar surface area (TPSA) is 60.9 Å². The molecule has 168 valence electrons. The Morgan fingerprint density at radius 2 is 1.67 bits per heavy atom. The highest BCUT2D eigenvalue weighted by atomic mass is 16.5. The standard InChI is InChI=1S/C27H29N5O/c1-2-21(27-28-11-12-29-27)18-26-20(1)17-25(31-26)19-3-5-22(6-4-19)30-23-7-9-24(10-8-23)32-13-15-33-16-14-32/h1-10,18,25,30-31H,11-17H2,(H,28,29). The third-order valence-electron chi connectivity index (χ3n) is 6.66. The van der Waals surface area contributed by atoms with Gasteiger partial charge in [0, 0.05) is 47.9 Å². The maximum atomic E-state index is 5.45. The van der Waals surface area contributed by atoms with Crippen molar-refractivity contribution in [2.75, 3.05) is 54.9 Å². The Morgan fingerprint density at radius 3 is 2.39 bits per heavy atom. The smallest absolute Gasteiger partial charge is 0.128 e. The zero-order chi connectivity index (χ0) is 22.0. The van der Waals surface area contributed by atoms with Crippen molar-refractivity contribution < 1.29 is 4.74 Å². The van der Waals surface area contributed by atoms with E-state index in [1.807, 2.05) is 0 Å². The molecule has 6 rings (SSSR count). The van der Waals surface area contributed by atoms with E-state index >= 15 is 0 Å². The number of nitrogens with one attached hydrogen (secondary N) is 3. The number of nitrogens with zero attached hydrogens (tertiary/aromatic N) is 2. The number of ether oxygens (including phenoxy) is 1. The average Bonchev–Trinajstić information content (AvgIpc) is 3.55. The van der Waals surface area contributed by atoms with E-state index in [4.69, 9.17) is 4.74 Å². The van der Waals surface area contributed by atoms with Crippen LogP contribution in [0.5, 0.6) is 0 Å². The number of hydrogen-bond donors (Lipinski definition) is 3. The molecular formula is C27H29N5O. The maximum Gasteiger partial charge on any atom is 0.128 e. The molecule has 0 bridgehead atoms. The largest absolute Gasteiger partial charge is 0.378 e. The lowest BCUT2D eigenvalue weighted by molar-refractivity contribution is 0.122. The average molecular weight is 440 g/mol. The van der Waals surface area contributed by atoms with Gasteiger partial charge in [0.25, 0.3) is 0 Å². The van der Waals surface area contributed by atoms with Crippen LogP contribution in [-0.2, 0) is 11.2 Å². The number of benzene rings is 3. The molecule has 0 aliphatic carbocycles. The minimum Gasteiger partial charge on any atom is -0.378 e. The lowest BCUT2D eigenvalue weighted by atomic mass is 10.0. The van der Waals surface area contributed by atoms with E-state index in [-0.39, 0.29) is 0 Å². The molecule has 33 heavy (non-hydrogen) atoms. The van der Waals surface area contributed by atoms with Crippen molar-refractivity contribution in [1.29, 1.82) is 0 Å². The number of morpholine rings is 1. The number of amidine groups is 1. The second-order valence-electron chi connectivity index (χ2n) is 8.82. The van der Waals surface area contributed by atoms with Crippen molar-refractivity contribution in [3.05, 3.63) is 83.4 Å². The van der Waals surface area contributed by atoms with Gasteiger partial charge in [-0.3, -0.25) is 4.99 Å². The highest BCUT2D eigenvalue weighted by Gasteiger charge is 2.23. The summed E-state index contributed by atoms with van der Waals surface area (Å²) in [5.74, 6) is 1.01. The Labute approximate surface area is 194 Å². The summed E-state index contributed by atoms with van der Waals surface area (Å²) in [5, 5.41) is 10.6. The minimum absolute atomic E-state index is 0.301. The second kappa shape index (κ2) is 8.79. The summed E-state index contributed by atoms with van der Waals surface area (Å²) < 4.78 is 5.45. The molecule has 0 radical (unpaired) electrons. The molecule has 1 saturated heterocycles. The van der Waals surface area contributed by atoms with Gasteiger partial charge in [-0.1, -0.05) is 24.3 Å². The number of fused-ring (bicyclic) bond motifs is 1. The van der Waals surface area contributed by atoms with Crippen molar-refractivity contribution >= 4 is 28.6 Å². The van der Waals surface area contributed by atoms with Crippen LogP contribution in [0.3, 0.4) is 0 Å². The molecule has 3 aliphatic rings. The van der Waals surface area contributed by atoms with Crippen LogP contribution in [0.4, 0.5) is 22.7 Å². The molecule has 3 aromatic rings. The second-order valence-corrected chi connectivity index (χ2v) is 8.82. The number of anilines is 4. The van der Waals surface area contributed by atoms with Crippen molar-refractivity contribution in [3.63, 3.8) is 0 Å². The van der Waals surface area contributed by atoms with Gasteiger partial charge in [0.1, 0.15) is 5.84 Å². The van der Waals surface area contributed by atoms with Gasteiger partial charge in [0.2, 0.25) is 0 Å². The minimum atomic E-state index is 0.301. The molecule has 0 aromatic heterocycles. The number of rotatable bonds is 5. The first-order chi connectivity index (χ1) is 16.3. The Kier molecular flexibility index (Phi) is 5.36. The predicted molar refractivity (Wildman–Crippen MR) is 135 cm³/mol. The van der Waals surface area contributed by atoms with Gasteiger partial charge >= 0.3 is 0 Å². The Hall–Kier alpha value is -3.51. The van der Waals surface area contributed by atoms with Gasteiger partial charge in [0.15, 0.2) is 0 Å². The summed E-state index contributed by atoms with van der Waals surface area (Å²) in [6.45, 7) is 5.32. The summed E-state index contributed by atoms with van der Waals surface area (Å²) in [6, 6.07) is 24.4. The van der Waals surface area contributed by atoms with Crippen LogP contribution in [-0.4, -0.2) is 45.2 Å². The van der Waals surface area contributed by atoms with Crippen LogP contribution in [0.15, 0.2) is 71.7 Å². The third-order valence-corrected chi connectivity index (χ3v) is 6.66. The quantitative estimate of drug-likeness (QED) is 0.553. The zero-order valence-electron chi connectivity index (χ0n) is 18.7. The predicted octanol–water partition coefficient (Wildman–Crippen LogP) is 4.33. The van der Waals surface area contributed by atoms with Gasteiger partial charge in [-0.05, 0) is 60.0 Å². The molecule has 0 saturated carbocycles. The van der Waals surface area contributed by atoms with Crippen LogP contribution in [0.2, 0.25) is 0 Å². The van der Waals surface area contributed by atoms with Gasteiger partial charge < -0.3 is 25.6 Å². The van der Waals surface area contributed by atoms with E-state index in [9.17, 15) is 0 Å². The molecule has 0 spiro atoms. The first kappa shape index (κ1) is 20.1. The number of aliphatic imine (C=N–C) groups is 1. The van der Waals surface area contributed by atoms with Crippen LogP contribution < -0.4 is 20.9 Å². The molecule has 0 amide bonds. The lowest BCUT2D eigenvalue weighted by Gasteiger charge is -2.29. The van der Waals surface area contributed by atoms with E-state index in [1.54, 1.807) is 0 Å². The SMILES string of the molecule is c1cc(C2Cc3ccc(C4=NCCN4)cc3N2)ccc1Nc1ccc(N2CCOCC2)cc1. The van der Waals surface area contributed by atoms with E-state index in [0.717, 1.165) is 63.0 Å². The van der Waals surface area contributed by atoms with Crippen LogP contribution in [0, 0.1) is 0 Å². The summed E-state index contributed by atoms with van der Waals surface area (Å²) in [7, 11) is 0. The summed E-state index contributed by atoms with van der Waals surface area (Å²) in [6.07, 6.45) is 1.01. The Morgan fingerprint density at radius 1 is 0.909 bits per heavy atom. The molecule has 6 heteroatoms. The fourth-order valence-electron chi connectivity index (χ4n) is 4.83. The highest BCUT2D eigenvalue weighted by molar-refractivity contribution is 6.00. The third kappa shape index (κ3) is 4.26. The normalized spacial score (nSPS) is 19.5. The van der Waals surface area contributed by atoms with Crippen molar-refractivity contribution in [1.82, 2.24) is 5.32 Å². The highest BCUT2D eigenvalue weighted by Crippen LogP contribution is 2.35. The van der Waals surface area contributed by atoms with Crippen LogP contribution in [0.25, 0.3) is 0 Å². The number of hydrogen-bond acceptors (Lipinski definition) is 6. The van der Waals surface area contributed by atoms with Gasteiger partial charge in [-0.15, -0.1) is 0 Å². The van der Waals surface area contributed by atoms with E-state index < -0.39 is 0 Å². The first-order valence-electron chi connectivity index (χ1n) is 11.8. The summed E-state index contributed by atoms with van der Waals surface area (Å²) >= 11 is 0. The van der Waals surface area contributed by atoms with Crippen molar-refractivity contribution in [2.24, 2.45) is 4.99 Å². The fraction of sp³-hybridized carbons (Fsp3) is 0.296. The van der Waals surface area contributed by atoms with E-state index in [1.165, 1.54) is 28.1 Å². The molecule has 6 nitrogen and oxygen atoms in total. The molecular weight excluding hydrogens is 410 g/mol. The molecule has 3 N–H and O–H groups in total. The fourth-order valence-corrected chi connectivity index (χ4v) is 4.83. The first-order valence-corrected chi connectivity index (χ1v) is 11.8. The van der Waals surface area contributed by atoms with E-state index in [2.05, 4.69) is 92.6 Å². The van der Waals surface area contributed by atoms with Crippen molar-refractivity contribution in [2.45, 2.75) is 12.5 Å². The van der Waals surface area contributed by atoms with Gasteiger partial charge in [-0.25, -0.2) is 0 Å². The molecule has 3 aromatic carbocycles. The lowest BCUT2D eigenvalue weighted by Crippen LogP contribution is -2.36. The van der Waals surface area contributed by atoms with Crippen LogP contribution >= 0.6 is 0 Å². The Balaban J connectivity index is 1.10. The molecule has 1 fully saturated rings. The maximum absolute atomic E-state index is 5.45.